The molecule has 1 heterocycles. The van der Waals surface area contributed by atoms with Crippen molar-refractivity contribution < 1.29 is 5.11 Å². The molecule has 0 saturated carbocycles. The van der Waals surface area contributed by atoms with Gasteiger partial charge in [-0.25, -0.2) is 4.98 Å². The molecule has 0 unspecified atom stereocenters. The van der Waals surface area contributed by atoms with Crippen molar-refractivity contribution in [1.29, 1.82) is 0 Å². The van der Waals surface area contributed by atoms with Gasteiger partial charge in [0.1, 0.15) is 0 Å². The molecule has 17 heavy (non-hydrogen) atoms. The van der Waals surface area contributed by atoms with Crippen molar-refractivity contribution in [3.8, 4) is 0 Å². The molecule has 4 nitrogen and oxygen atoms in total. The van der Waals surface area contributed by atoms with Crippen LogP contribution in [0.5, 0.6) is 0 Å². The van der Waals surface area contributed by atoms with Crippen molar-refractivity contribution in [2.24, 2.45) is 0 Å². The van der Waals surface area contributed by atoms with Crippen LogP contribution in [0.15, 0.2) is 12.5 Å². The molecule has 0 aliphatic rings. The minimum Gasteiger partial charge on any atom is -0.389 e. The van der Waals surface area contributed by atoms with Gasteiger partial charge in [0.15, 0.2) is 0 Å². The first kappa shape index (κ1) is 14.2. The van der Waals surface area contributed by atoms with E-state index in [-0.39, 0.29) is 0 Å². The maximum Gasteiger partial charge on any atom is 0.0951 e. The minimum absolute atomic E-state index is 0.422. The Morgan fingerprint density at radius 1 is 1.41 bits per heavy atom. The summed E-state index contributed by atoms with van der Waals surface area (Å²) in [4.78, 5) is 4.16. The fourth-order valence-electron chi connectivity index (χ4n) is 1.86. The van der Waals surface area contributed by atoms with E-state index >= 15 is 0 Å². The van der Waals surface area contributed by atoms with E-state index in [1.54, 1.807) is 0 Å². The van der Waals surface area contributed by atoms with E-state index in [0.717, 1.165) is 25.1 Å². The number of hydrogen-bond donors (Lipinski definition) is 2. The number of aromatic nitrogens is 2. The van der Waals surface area contributed by atoms with Gasteiger partial charge in [-0.15, -0.1) is 0 Å². The maximum atomic E-state index is 10.2. The molecule has 2 N–H and O–H groups in total. The summed E-state index contributed by atoms with van der Waals surface area (Å²) in [5, 5.41) is 13.5. The summed E-state index contributed by atoms with van der Waals surface area (Å²) in [6, 6.07) is 0.422. The smallest absolute Gasteiger partial charge is 0.0951 e. The van der Waals surface area contributed by atoms with Gasteiger partial charge < -0.3 is 15.0 Å². The second-order valence-electron chi connectivity index (χ2n) is 4.92. The van der Waals surface area contributed by atoms with Crippen LogP contribution < -0.4 is 5.32 Å². The predicted octanol–water partition coefficient (Wildman–Crippen LogP) is 2.10. The molecule has 0 aromatic carbocycles. The van der Waals surface area contributed by atoms with Crippen LogP contribution in [0.1, 0.15) is 52.3 Å². The monoisotopic (exact) mass is 239 g/mol. The lowest BCUT2D eigenvalue weighted by Gasteiger charge is -2.25. The Morgan fingerprint density at radius 3 is 2.59 bits per heavy atom. The lowest BCUT2D eigenvalue weighted by molar-refractivity contribution is 0.0321. The maximum absolute atomic E-state index is 10.2. The second kappa shape index (κ2) is 6.17. The van der Waals surface area contributed by atoms with Crippen LogP contribution >= 0.6 is 0 Å². The average Bonchev–Trinajstić information content (AvgIpc) is 2.77. The van der Waals surface area contributed by atoms with E-state index in [0.29, 0.717) is 12.6 Å². The van der Waals surface area contributed by atoms with Crippen LogP contribution in [-0.4, -0.2) is 26.8 Å². The topological polar surface area (TPSA) is 50.1 Å². The first-order chi connectivity index (χ1) is 8.02. The molecule has 0 bridgehead atoms. The standard InChI is InChI=1S/C13H25N3O/c1-5-13(17,6-2)9-14-7-12-8-15-10-16(12)11(3)4/h8,10-11,14,17H,5-7,9H2,1-4H3. The number of hydrogen-bond acceptors (Lipinski definition) is 3. The third-order valence-electron chi connectivity index (χ3n) is 3.38. The normalized spacial score (nSPS) is 12.4. The van der Waals surface area contributed by atoms with Gasteiger partial charge in [-0.2, -0.15) is 0 Å². The van der Waals surface area contributed by atoms with Crippen molar-refractivity contribution in [2.45, 2.75) is 58.7 Å². The van der Waals surface area contributed by atoms with Crippen LogP contribution in [0.3, 0.4) is 0 Å². The lowest BCUT2D eigenvalue weighted by Crippen LogP contribution is -2.39. The van der Waals surface area contributed by atoms with Crippen LogP contribution in [0, 0.1) is 0 Å². The van der Waals surface area contributed by atoms with Gasteiger partial charge in [-0.1, -0.05) is 13.8 Å². The fourth-order valence-corrected chi connectivity index (χ4v) is 1.86. The first-order valence-corrected chi connectivity index (χ1v) is 6.46. The summed E-state index contributed by atoms with van der Waals surface area (Å²) in [6.45, 7) is 9.69. The van der Waals surface area contributed by atoms with Crippen molar-refractivity contribution in [2.75, 3.05) is 6.54 Å². The molecule has 1 aromatic heterocycles. The zero-order valence-corrected chi connectivity index (χ0v) is 11.4. The van der Waals surface area contributed by atoms with Gasteiger partial charge in [0.25, 0.3) is 0 Å². The molecule has 0 aliphatic heterocycles. The predicted molar refractivity (Wildman–Crippen MR) is 69.9 cm³/mol. The van der Waals surface area contributed by atoms with Crippen LogP contribution in [-0.2, 0) is 6.54 Å². The molecule has 98 valence electrons. The number of aliphatic hydroxyl groups is 1. The van der Waals surface area contributed by atoms with Crippen LogP contribution in [0.4, 0.5) is 0 Å². The molecule has 0 spiro atoms. The number of nitrogens with zero attached hydrogens (tertiary/aromatic N) is 2. The molecule has 4 heteroatoms. The Balaban J connectivity index is 2.48. The Morgan fingerprint density at radius 2 is 2.06 bits per heavy atom. The summed E-state index contributed by atoms with van der Waals surface area (Å²) in [7, 11) is 0. The highest BCUT2D eigenvalue weighted by Crippen LogP contribution is 2.14. The molecule has 0 amide bonds. The fraction of sp³-hybridized carbons (Fsp3) is 0.769. The van der Waals surface area contributed by atoms with Crippen LogP contribution in [0.25, 0.3) is 0 Å². The molecule has 1 rings (SSSR count). The van der Waals surface area contributed by atoms with E-state index in [9.17, 15) is 5.11 Å². The molecule has 0 atom stereocenters. The quantitative estimate of drug-likeness (QED) is 0.766. The third-order valence-corrected chi connectivity index (χ3v) is 3.38. The highest BCUT2D eigenvalue weighted by Gasteiger charge is 2.21. The second-order valence-corrected chi connectivity index (χ2v) is 4.92. The molecule has 0 saturated heterocycles. The van der Waals surface area contributed by atoms with E-state index in [1.807, 2.05) is 26.4 Å². The van der Waals surface area contributed by atoms with E-state index in [2.05, 4.69) is 28.7 Å². The zero-order valence-electron chi connectivity index (χ0n) is 11.4. The summed E-state index contributed by atoms with van der Waals surface area (Å²) >= 11 is 0. The average molecular weight is 239 g/mol. The highest BCUT2D eigenvalue weighted by atomic mass is 16.3. The number of imidazole rings is 1. The van der Waals surface area contributed by atoms with Crippen molar-refractivity contribution in [3.63, 3.8) is 0 Å². The SMILES string of the molecule is CCC(O)(CC)CNCc1cncn1C(C)C. The molecule has 1 aromatic rings. The van der Waals surface area contributed by atoms with Gasteiger partial charge in [-0.3, -0.25) is 0 Å². The first-order valence-electron chi connectivity index (χ1n) is 6.46. The highest BCUT2D eigenvalue weighted by molar-refractivity contribution is 4.99. The van der Waals surface area contributed by atoms with E-state index < -0.39 is 5.60 Å². The van der Waals surface area contributed by atoms with Gasteiger partial charge in [0, 0.05) is 25.3 Å². The minimum atomic E-state index is -0.581. The molecular weight excluding hydrogens is 214 g/mol. The van der Waals surface area contributed by atoms with Crippen molar-refractivity contribution in [1.82, 2.24) is 14.9 Å². The van der Waals surface area contributed by atoms with Gasteiger partial charge in [-0.05, 0) is 26.7 Å². The van der Waals surface area contributed by atoms with Gasteiger partial charge in [0.05, 0.1) is 17.6 Å². The summed E-state index contributed by atoms with van der Waals surface area (Å²) in [6.07, 6.45) is 5.29. The Kier molecular flexibility index (Phi) is 5.15. The summed E-state index contributed by atoms with van der Waals surface area (Å²) in [5.74, 6) is 0. The van der Waals surface area contributed by atoms with Crippen molar-refractivity contribution in [3.05, 3.63) is 18.2 Å². The largest absolute Gasteiger partial charge is 0.389 e. The van der Waals surface area contributed by atoms with Gasteiger partial charge >= 0.3 is 0 Å². The Labute approximate surface area is 104 Å². The lowest BCUT2D eigenvalue weighted by atomic mass is 9.98. The summed E-state index contributed by atoms with van der Waals surface area (Å²) in [5.41, 5.74) is 0.581. The summed E-state index contributed by atoms with van der Waals surface area (Å²) < 4.78 is 2.14. The molecule has 0 aliphatic carbocycles. The third kappa shape index (κ3) is 3.82. The van der Waals surface area contributed by atoms with Crippen molar-refractivity contribution >= 4 is 0 Å². The zero-order chi connectivity index (χ0) is 12.9. The number of rotatable bonds is 7. The Bertz CT molecular complexity index is 329. The van der Waals surface area contributed by atoms with E-state index in [1.165, 1.54) is 0 Å². The van der Waals surface area contributed by atoms with Crippen LogP contribution in [0.2, 0.25) is 0 Å². The molecular formula is C13H25N3O. The Hall–Kier alpha value is -0.870. The van der Waals surface area contributed by atoms with E-state index in [4.69, 9.17) is 0 Å². The number of nitrogens with one attached hydrogen (secondary N) is 1. The van der Waals surface area contributed by atoms with Gasteiger partial charge in [0.2, 0.25) is 0 Å². The molecule has 0 fully saturated rings. The molecule has 0 radical (unpaired) electrons.